The molecule has 0 spiro atoms. The van der Waals surface area contributed by atoms with Crippen molar-refractivity contribution < 1.29 is 8.42 Å². The predicted molar refractivity (Wildman–Crippen MR) is 103 cm³/mol. The first-order valence-corrected chi connectivity index (χ1v) is 11.3. The molecule has 26 heavy (non-hydrogen) atoms. The fraction of sp³-hybridized carbons (Fsp3) is 0.550. The number of piperidine rings is 1. The van der Waals surface area contributed by atoms with E-state index in [2.05, 4.69) is 9.97 Å². The van der Waals surface area contributed by atoms with E-state index in [1.54, 1.807) is 4.31 Å². The molecule has 1 aliphatic heterocycles. The molecule has 1 atom stereocenters. The molecule has 1 N–H and O–H groups in total. The zero-order chi connectivity index (χ0) is 18.0. The molecule has 0 bridgehead atoms. The minimum atomic E-state index is -3.26. The van der Waals surface area contributed by atoms with Crippen LogP contribution in [0.25, 0.3) is 11.3 Å². The molecule has 1 saturated heterocycles. The van der Waals surface area contributed by atoms with Gasteiger partial charge in [0.15, 0.2) is 0 Å². The summed E-state index contributed by atoms with van der Waals surface area (Å²) in [7, 11) is -3.26. The highest BCUT2D eigenvalue weighted by Gasteiger charge is 2.39. The lowest BCUT2D eigenvalue weighted by Crippen LogP contribution is -2.44. The second-order valence-electron chi connectivity index (χ2n) is 7.48. The van der Waals surface area contributed by atoms with Gasteiger partial charge in [-0.05, 0) is 31.2 Å². The number of nitrogens with one attached hydrogen (secondary N) is 1. The molecule has 4 rings (SSSR count). The number of imidazole rings is 1. The monoisotopic (exact) mass is 373 g/mol. The first-order chi connectivity index (χ1) is 12.7. The van der Waals surface area contributed by atoms with Gasteiger partial charge in [-0.3, -0.25) is 0 Å². The molecular weight excluding hydrogens is 346 g/mol. The summed E-state index contributed by atoms with van der Waals surface area (Å²) in [5, 5.41) is -0.208. The van der Waals surface area contributed by atoms with E-state index in [0.717, 1.165) is 68.4 Å². The Kier molecular flexibility index (Phi) is 5.14. The minimum Gasteiger partial charge on any atom is -0.341 e. The molecule has 2 heterocycles. The maximum absolute atomic E-state index is 13.3. The van der Waals surface area contributed by atoms with Crippen molar-refractivity contribution in [3.63, 3.8) is 0 Å². The SMILES string of the molecule is O=S(=O)(C1CCCCC1)N1CCCC[C@H]1c1ncc(-c2ccccc2)[nH]1. The summed E-state index contributed by atoms with van der Waals surface area (Å²) in [6.07, 6.45) is 9.48. The molecule has 0 radical (unpaired) electrons. The molecule has 2 aliphatic rings. The zero-order valence-corrected chi connectivity index (χ0v) is 15.9. The number of benzene rings is 1. The van der Waals surface area contributed by atoms with Crippen molar-refractivity contribution in [3.05, 3.63) is 42.4 Å². The smallest absolute Gasteiger partial charge is 0.217 e. The van der Waals surface area contributed by atoms with Crippen molar-refractivity contribution in [2.45, 2.75) is 62.7 Å². The molecule has 0 unspecified atom stereocenters. The Morgan fingerprint density at radius 3 is 2.46 bits per heavy atom. The molecule has 2 aromatic rings. The first kappa shape index (κ1) is 17.7. The van der Waals surface area contributed by atoms with Gasteiger partial charge in [-0.1, -0.05) is 56.0 Å². The summed E-state index contributed by atoms with van der Waals surface area (Å²) in [5.41, 5.74) is 2.02. The van der Waals surface area contributed by atoms with Crippen LogP contribution in [0.1, 0.15) is 63.2 Å². The second-order valence-corrected chi connectivity index (χ2v) is 9.64. The van der Waals surface area contributed by atoms with Gasteiger partial charge in [0.2, 0.25) is 10.0 Å². The number of rotatable bonds is 4. The van der Waals surface area contributed by atoms with Crippen LogP contribution in [-0.2, 0) is 10.0 Å². The number of hydrogen-bond acceptors (Lipinski definition) is 3. The van der Waals surface area contributed by atoms with Crippen LogP contribution in [0.5, 0.6) is 0 Å². The van der Waals surface area contributed by atoms with E-state index < -0.39 is 10.0 Å². The molecule has 0 amide bonds. The maximum Gasteiger partial charge on any atom is 0.217 e. The Labute approximate surface area is 155 Å². The average molecular weight is 374 g/mol. The van der Waals surface area contributed by atoms with Crippen LogP contribution in [0.2, 0.25) is 0 Å². The summed E-state index contributed by atoms with van der Waals surface area (Å²) in [6, 6.07) is 9.89. The van der Waals surface area contributed by atoms with Crippen LogP contribution in [-0.4, -0.2) is 34.5 Å². The number of aromatic amines is 1. The normalized spacial score (nSPS) is 23.2. The lowest BCUT2D eigenvalue weighted by atomic mass is 10.0. The number of hydrogen-bond donors (Lipinski definition) is 1. The minimum absolute atomic E-state index is 0.159. The summed E-state index contributed by atoms with van der Waals surface area (Å²) >= 11 is 0. The van der Waals surface area contributed by atoms with Crippen LogP contribution in [0, 0.1) is 0 Å². The van der Waals surface area contributed by atoms with Crippen molar-refractivity contribution in [3.8, 4) is 11.3 Å². The molecule has 1 aromatic heterocycles. The Morgan fingerprint density at radius 1 is 0.962 bits per heavy atom. The van der Waals surface area contributed by atoms with E-state index in [9.17, 15) is 8.42 Å². The van der Waals surface area contributed by atoms with Gasteiger partial charge in [-0.25, -0.2) is 13.4 Å². The summed E-state index contributed by atoms with van der Waals surface area (Å²) in [6.45, 7) is 0.616. The van der Waals surface area contributed by atoms with Crippen molar-refractivity contribution in [2.75, 3.05) is 6.54 Å². The Hall–Kier alpha value is -1.66. The summed E-state index contributed by atoms with van der Waals surface area (Å²) in [4.78, 5) is 7.95. The number of H-pyrrole nitrogens is 1. The van der Waals surface area contributed by atoms with Gasteiger partial charge in [0.05, 0.1) is 23.2 Å². The third-order valence-corrected chi connectivity index (χ3v) is 8.15. The highest BCUT2D eigenvalue weighted by Crippen LogP contribution is 2.36. The lowest BCUT2D eigenvalue weighted by molar-refractivity contribution is 0.242. The van der Waals surface area contributed by atoms with Crippen molar-refractivity contribution in [1.82, 2.24) is 14.3 Å². The molecule has 1 saturated carbocycles. The van der Waals surface area contributed by atoms with Gasteiger partial charge in [0, 0.05) is 6.54 Å². The number of nitrogens with zero attached hydrogens (tertiary/aromatic N) is 2. The lowest BCUT2D eigenvalue weighted by Gasteiger charge is -2.37. The maximum atomic E-state index is 13.3. The Bertz CT molecular complexity index is 826. The standard InChI is InChI=1S/C20H27N3O2S/c24-26(25,17-11-5-2-6-12-17)23-14-8-7-13-19(23)20-21-15-18(22-20)16-9-3-1-4-10-16/h1,3-4,9-10,15,17,19H,2,5-8,11-14H2,(H,21,22)/t19-/m0/s1. The first-order valence-electron chi connectivity index (χ1n) is 9.77. The van der Waals surface area contributed by atoms with E-state index in [-0.39, 0.29) is 11.3 Å². The van der Waals surface area contributed by atoms with E-state index >= 15 is 0 Å². The van der Waals surface area contributed by atoms with Crippen LogP contribution in [0.15, 0.2) is 36.5 Å². The third-order valence-electron chi connectivity index (χ3n) is 5.75. The highest BCUT2D eigenvalue weighted by molar-refractivity contribution is 7.89. The highest BCUT2D eigenvalue weighted by atomic mass is 32.2. The number of aromatic nitrogens is 2. The van der Waals surface area contributed by atoms with Gasteiger partial charge >= 0.3 is 0 Å². The van der Waals surface area contributed by atoms with Crippen molar-refractivity contribution in [1.29, 1.82) is 0 Å². The van der Waals surface area contributed by atoms with Gasteiger partial charge in [-0.2, -0.15) is 4.31 Å². The molecule has 2 fully saturated rings. The predicted octanol–water partition coefficient (Wildman–Crippen LogP) is 4.27. The molecule has 1 aromatic carbocycles. The van der Waals surface area contributed by atoms with Crippen molar-refractivity contribution >= 4 is 10.0 Å². The average Bonchev–Trinajstić information content (AvgIpc) is 3.19. The van der Waals surface area contributed by atoms with Crippen molar-refractivity contribution in [2.24, 2.45) is 0 Å². The summed E-state index contributed by atoms with van der Waals surface area (Å²) < 4.78 is 28.3. The summed E-state index contributed by atoms with van der Waals surface area (Å²) in [5.74, 6) is 0.780. The fourth-order valence-corrected chi connectivity index (χ4v) is 6.56. The van der Waals surface area contributed by atoms with E-state index in [0.29, 0.717) is 6.54 Å². The quantitative estimate of drug-likeness (QED) is 0.870. The zero-order valence-electron chi connectivity index (χ0n) is 15.1. The molecule has 1 aliphatic carbocycles. The van der Waals surface area contributed by atoms with Gasteiger partial charge < -0.3 is 4.98 Å². The van der Waals surface area contributed by atoms with Crippen LogP contribution in [0.4, 0.5) is 0 Å². The third kappa shape index (κ3) is 3.45. The largest absolute Gasteiger partial charge is 0.341 e. The number of sulfonamides is 1. The van der Waals surface area contributed by atoms with Gasteiger partial charge in [0.25, 0.3) is 0 Å². The van der Waals surface area contributed by atoms with E-state index in [4.69, 9.17) is 0 Å². The van der Waals surface area contributed by atoms with E-state index in [1.165, 1.54) is 0 Å². The van der Waals surface area contributed by atoms with Gasteiger partial charge in [0.1, 0.15) is 5.82 Å². The Balaban J connectivity index is 1.61. The fourth-order valence-electron chi connectivity index (χ4n) is 4.31. The Morgan fingerprint density at radius 2 is 1.69 bits per heavy atom. The second kappa shape index (κ2) is 7.53. The topological polar surface area (TPSA) is 66.1 Å². The molecule has 6 heteroatoms. The van der Waals surface area contributed by atoms with Crippen LogP contribution in [0.3, 0.4) is 0 Å². The van der Waals surface area contributed by atoms with Crippen LogP contribution < -0.4 is 0 Å². The van der Waals surface area contributed by atoms with Gasteiger partial charge in [-0.15, -0.1) is 0 Å². The molecular formula is C20H27N3O2S. The van der Waals surface area contributed by atoms with Crippen LogP contribution >= 0.6 is 0 Å². The van der Waals surface area contributed by atoms with E-state index in [1.807, 2.05) is 36.5 Å². The molecule has 140 valence electrons. The molecule has 5 nitrogen and oxygen atoms in total.